The molecule has 1 atom stereocenters. The van der Waals surface area contributed by atoms with Crippen molar-refractivity contribution in [2.75, 3.05) is 6.54 Å². The number of rotatable bonds is 5. The van der Waals surface area contributed by atoms with Crippen LogP contribution in [0.3, 0.4) is 0 Å². The van der Waals surface area contributed by atoms with Gasteiger partial charge in [-0.25, -0.2) is 0 Å². The molecule has 0 radical (unpaired) electrons. The molecule has 1 nitrogen and oxygen atoms in total. The summed E-state index contributed by atoms with van der Waals surface area (Å²) >= 11 is 9.70. The lowest BCUT2D eigenvalue weighted by molar-refractivity contribution is 0.549. The third kappa shape index (κ3) is 4.07. The van der Waals surface area contributed by atoms with E-state index in [2.05, 4.69) is 52.4 Å². The van der Waals surface area contributed by atoms with Crippen LogP contribution in [-0.2, 0) is 6.42 Å². The molecule has 2 rings (SSSR count). The molecule has 3 heteroatoms. The molecule has 0 saturated heterocycles. The van der Waals surface area contributed by atoms with Gasteiger partial charge in [-0.1, -0.05) is 64.8 Å². The second-order valence-corrected chi connectivity index (χ2v) is 5.75. The zero-order valence-corrected chi connectivity index (χ0v) is 13.2. The molecule has 0 amide bonds. The minimum absolute atomic E-state index is 0.280. The Labute approximate surface area is 128 Å². The lowest BCUT2D eigenvalue weighted by atomic mass is 9.99. The molecule has 0 heterocycles. The van der Waals surface area contributed by atoms with E-state index in [9.17, 15) is 0 Å². The normalized spacial score (nSPS) is 12.4. The summed E-state index contributed by atoms with van der Waals surface area (Å²) in [4.78, 5) is 0. The maximum absolute atomic E-state index is 6.09. The lowest BCUT2D eigenvalue weighted by Gasteiger charge is -2.19. The molecule has 0 aliphatic heterocycles. The van der Waals surface area contributed by atoms with E-state index in [0.717, 1.165) is 22.5 Å². The van der Waals surface area contributed by atoms with Crippen LogP contribution in [-0.4, -0.2) is 6.54 Å². The standard InChI is InChI=1S/C16H17BrClN/c1-2-19-16(13-7-5-8-14(18)10-13)11-12-6-3-4-9-15(12)17/h3-10,16,19H,2,11H2,1H3. The Morgan fingerprint density at radius 2 is 1.95 bits per heavy atom. The molecular weight excluding hydrogens is 322 g/mol. The SMILES string of the molecule is CCNC(Cc1ccccc1Br)c1cccc(Cl)c1. The Hall–Kier alpha value is -0.830. The fourth-order valence-corrected chi connectivity index (χ4v) is 2.81. The van der Waals surface area contributed by atoms with Crippen LogP contribution < -0.4 is 5.32 Å². The summed E-state index contributed by atoms with van der Waals surface area (Å²) in [5.74, 6) is 0. The van der Waals surface area contributed by atoms with E-state index in [-0.39, 0.29) is 6.04 Å². The van der Waals surface area contributed by atoms with Gasteiger partial charge in [-0.05, 0) is 42.3 Å². The van der Waals surface area contributed by atoms with Gasteiger partial charge in [-0.3, -0.25) is 0 Å². The van der Waals surface area contributed by atoms with Gasteiger partial charge in [0.05, 0.1) is 0 Å². The molecule has 19 heavy (non-hydrogen) atoms. The molecule has 0 aromatic heterocycles. The Morgan fingerprint density at radius 3 is 2.63 bits per heavy atom. The third-order valence-corrected chi connectivity index (χ3v) is 4.09. The van der Waals surface area contributed by atoms with Gasteiger partial charge in [0.25, 0.3) is 0 Å². The number of hydrogen-bond donors (Lipinski definition) is 1. The predicted molar refractivity (Wildman–Crippen MR) is 85.7 cm³/mol. The summed E-state index contributed by atoms with van der Waals surface area (Å²) in [6.07, 6.45) is 0.940. The minimum atomic E-state index is 0.280. The van der Waals surface area contributed by atoms with Gasteiger partial charge in [0.15, 0.2) is 0 Å². The van der Waals surface area contributed by atoms with E-state index in [1.807, 2.05) is 24.3 Å². The van der Waals surface area contributed by atoms with Crippen LogP contribution in [0, 0.1) is 0 Å². The van der Waals surface area contributed by atoms with Crippen molar-refractivity contribution in [1.82, 2.24) is 5.32 Å². The number of halogens is 2. The number of nitrogens with one attached hydrogen (secondary N) is 1. The number of benzene rings is 2. The van der Waals surface area contributed by atoms with Gasteiger partial charge in [-0.2, -0.15) is 0 Å². The lowest BCUT2D eigenvalue weighted by Crippen LogP contribution is -2.23. The quantitative estimate of drug-likeness (QED) is 0.809. The van der Waals surface area contributed by atoms with Gasteiger partial charge >= 0.3 is 0 Å². The second kappa shape index (κ2) is 7.09. The average molecular weight is 339 g/mol. The topological polar surface area (TPSA) is 12.0 Å². The smallest absolute Gasteiger partial charge is 0.0409 e. The van der Waals surface area contributed by atoms with Crippen LogP contribution in [0.2, 0.25) is 5.02 Å². The van der Waals surface area contributed by atoms with E-state index >= 15 is 0 Å². The van der Waals surface area contributed by atoms with Gasteiger partial charge in [-0.15, -0.1) is 0 Å². The van der Waals surface area contributed by atoms with Crippen molar-refractivity contribution in [2.45, 2.75) is 19.4 Å². The average Bonchev–Trinajstić information content (AvgIpc) is 2.40. The van der Waals surface area contributed by atoms with E-state index < -0.39 is 0 Å². The largest absolute Gasteiger partial charge is 0.310 e. The van der Waals surface area contributed by atoms with Crippen molar-refractivity contribution in [2.24, 2.45) is 0 Å². The first-order chi connectivity index (χ1) is 9.20. The Kier molecular flexibility index (Phi) is 5.44. The van der Waals surface area contributed by atoms with Gasteiger partial charge in [0, 0.05) is 15.5 Å². The minimum Gasteiger partial charge on any atom is -0.310 e. The van der Waals surface area contributed by atoms with E-state index in [1.165, 1.54) is 11.1 Å². The van der Waals surface area contributed by atoms with E-state index in [0.29, 0.717) is 0 Å². The van der Waals surface area contributed by atoms with Gasteiger partial charge in [0.1, 0.15) is 0 Å². The fraction of sp³-hybridized carbons (Fsp3) is 0.250. The van der Waals surface area contributed by atoms with Crippen LogP contribution in [0.1, 0.15) is 24.1 Å². The summed E-state index contributed by atoms with van der Waals surface area (Å²) in [6.45, 7) is 3.05. The Balaban J connectivity index is 2.24. The van der Waals surface area contributed by atoms with Crippen LogP contribution in [0.15, 0.2) is 53.0 Å². The van der Waals surface area contributed by atoms with Crippen LogP contribution in [0.5, 0.6) is 0 Å². The summed E-state index contributed by atoms with van der Waals surface area (Å²) in [5.41, 5.74) is 2.53. The monoisotopic (exact) mass is 337 g/mol. The molecular formula is C16H17BrClN. The molecule has 0 saturated carbocycles. The number of hydrogen-bond acceptors (Lipinski definition) is 1. The Bertz CT molecular complexity index is 542. The van der Waals surface area contributed by atoms with Crippen molar-refractivity contribution in [3.8, 4) is 0 Å². The molecule has 0 spiro atoms. The maximum Gasteiger partial charge on any atom is 0.0409 e. The highest BCUT2D eigenvalue weighted by Crippen LogP contribution is 2.25. The molecule has 2 aromatic carbocycles. The van der Waals surface area contributed by atoms with Gasteiger partial charge in [0.2, 0.25) is 0 Å². The van der Waals surface area contributed by atoms with Crippen LogP contribution in [0.25, 0.3) is 0 Å². The third-order valence-electron chi connectivity index (χ3n) is 3.08. The molecule has 2 aromatic rings. The van der Waals surface area contributed by atoms with Crippen LogP contribution in [0.4, 0.5) is 0 Å². The second-order valence-electron chi connectivity index (χ2n) is 4.46. The molecule has 1 N–H and O–H groups in total. The summed E-state index contributed by atoms with van der Waals surface area (Å²) < 4.78 is 1.15. The first-order valence-electron chi connectivity index (χ1n) is 6.43. The van der Waals surface area contributed by atoms with Crippen molar-refractivity contribution < 1.29 is 0 Å². The molecule has 0 fully saturated rings. The highest BCUT2D eigenvalue weighted by molar-refractivity contribution is 9.10. The fourth-order valence-electron chi connectivity index (χ4n) is 2.16. The molecule has 0 bridgehead atoms. The summed E-state index contributed by atoms with van der Waals surface area (Å²) in [7, 11) is 0. The zero-order chi connectivity index (χ0) is 13.7. The molecule has 0 aliphatic carbocycles. The highest BCUT2D eigenvalue weighted by atomic mass is 79.9. The first kappa shape index (κ1) is 14.6. The maximum atomic E-state index is 6.09. The summed E-state index contributed by atoms with van der Waals surface area (Å²) in [5, 5.41) is 4.31. The van der Waals surface area contributed by atoms with Crippen molar-refractivity contribution in [1.29, 1.82) is 0 Å². The molecule has 1 unspecified atom stereocenters. The Morgan fingerprint density at radius 1 is 1.16 bits per heavy atom. The summed E-state index contributed by atoms with van der Waals surface area (Å²) in [6, 6.07) is 16.7. The van der Waals surface area contributed by atoms with E-state index in [4.69, 9.17) is 11.6 Å². The van der Waals surface area contributed by atoms with Crippen molar-refractivity contribution >= 4 is 27.5 Å². The van der Waals surface area contributed by atoms with E-state index in [1.54, 1.807) is 0 Å². The van der Waals surface area contributed by atoms with Crippen molar-refractivity contribution in [3.63, 3.8) is 0 Å². The van der Waals surface area contributed by atoms with Crippen LogP contribution >= 0.6 is 27.5 Å². The van der Waals surface area contributed by atoms with Crippen molar-refractivity contribution in [3.05, 3.63) is 69.2 Å². The number of likely N-dealkylation sites (N-methyl/N-ethyl adjacent to an activating group) is 1. The first-order valence-corrected chi connectivity index (χ1v) is 7.60. The van der Waals surface area contributed by atoms with Gasteiger partial charge < -0.3 is 5.32 Å². The molecule has 0 aliphatic rings. The zero-order valence-electron chi connectivity index (χ0n) is 10.9. The predicted octanol–water partition coefficient (Wildman–Crippen LogP) is 5.00. The molecule has 100 valence electrons. The highest BCUT2D eigenvalue weighted by Gasteiger charge is 2.12.